The Morgan fingerprint density at radius 2 is 2.15 bits per heavy atom. The molecule has 7 heteroatoms. The van der Waals surface area contributed by atoms with Crippen molar-refractivity contribution in [2.24, 2.45) is 10.7 Å². The minimum absolute atomic E-state index is 0.249. The first kappa shape index (κ1) is 17.9. The predicted octanol–water partition coefficient (Wildman–Crippen LogP) is 2.44. The zero-order valence-corrected chi connectivity index (χ0v) is 16.1. The third-order valence-electron chi connectivity index (χ3n) is 4.97. The lowest BCUT2D eigenvalue weighted by molar-refractivity contribution is 0.173. The molecule has 1 aromatic carbocycles. The van der Waals surface area contributed by atoms with Gasteiger partial charge in [-0.05, 0) is 57.4 Å². The van der Waals surface area contributed by atoms with Gasteiger partial charge in [0.2, 0.25) is 12.8 Å². The molecule has 0 bridgehead atoms. The minimum Gasteiger partial charge on any atom is -0.453 e. The van der Waals surface area contributed by atoms with Gasteiger partial charge in [0.1, 0.15) is 5.66 Å². The summed E-state index contributed by atoms with van der Waals surface area (Å²) < 4.78 is 11.5. The van der Waals surface area contributed by atoms with Crippen LogP contribution in [-0.4, -0.2) is 31.5 Å². The Balaban J connectivity index is 1.73. The van der Waals surface area contributed by atoms with Crippen LogP contribution in [0.1, 0.15) is 37.8 Å². The lowest BCUT2D eigenvalue weighted by atomic mass is 9.94. The highest BCUT2D eigenvalue weighted by atomic mass is 16.7. The van der Waals surface area contributed by atoms with Crippen molar-refractivity contribution in [2.45, 2.75) is 39.3 Å². The molecule has 0 saturated carbocycles. The third kappa shape index (κ3) is 3.65. The second kappa shape index (κ2) is 6.90. The maximum atomic E-state index is 6.24. The van der Waals surface area contributed by atoms with Gasteiger partial charge in [0.25, 0.3) is 0 Å². The molecule has 5 N–H and O–H groups in total. The number of allylic oxidation sites excluding steroid dienone is 2. The Labute approximate surface area is 159 Å². The van der Waals surface area contributed by atoms with E-state index in [1.165, 1.54) is 5.57 Å². The zero-order chi connectivity index (χ0) is 19.0. The average Bonchev–Trinajstić information content (AvgIpc) is 2.87. The van der Waals surface area contributed by atoms with Crippen LogP contribution in [0.2, 0.25) is 0 Å². The first-order chi connectivity index (χ1) is 12.9. The summed E-state index contributed by atoms with van der Waals surface area (Å²) in [6.45, 7) is 8.10. The van der Waals surface area contributed by atoms with E-state index >= 15 is 0 Å². The van der Waals surface area contributed by atoms with E-state index in [0.717, 1.165) is 59.9 Å². The third-order valence-corrected chi connectivity index (χ3v) is 4.97. The van der Waals surface area contributed by atoms with Gasteiger partial charge < -0.3 is 31.2 Å². The van der Waals surface area contributed by atoms with Gasteiger partial charge in [-0.15, -0.1) is 0 Å². The summed E-state index contributed by atoms with van der Waals surface area (Å²) in [4.78, 5) is 4.54. The molecular weight excluding hydrogens is 342 g/mol. The fourth-order valence-corrected chi connectivity index (χ4v) is 3.83. The number of nitrogens with two attached hydrogens (primary N) is 1. The van der Waals surface area contributed by atoms with E-state index in [4.69, 9.17) is 15.2 Å². The Bertz CT molecular complexity index is 854. The molecule has 144 valence electrons. The quantitative estimate of drug-likeness (QED) is 0.640. The van der Waals surface area contributed by atoms with Crippen molar-refractivity contribution in [1.29, 1.82) is 0 Å². The molecule has 0 fully saturated rings. The molecule has 0 amide bonds. The van der Waals surface area contributed by atoms with Gasteiger partial charge in [-0.2, -0.15) is 0 Å². The molecule has 27 heavy (non-hydrogen) atoms. The Morgan fingerprint density at radius 3 is 2.96 bits per heavy atom. The normalized spacial score (nSPS) is 24.4. The number of ether oxygens (including phenoxy) is 2. The summed E-state index contributed by atoms with van der Waals surface area (Å²) in [7, 11) is 0. The number of rotatable bonds is 2. The second-order valence-corrected chi connectivity index (χ2v) is 7.47. The second-order valence-electron chi connectivity index (χ2n) is 7.47. The first-order valence-electron chi connectivity index (χ1n) is 9.38. The molecule has 0 spiro atoms. The number of aliphatic imine (C=N–C) groups is 1. The number of hydrogen-bond donors (Lipinski definition) is 4. The predicted molar refractivity (Wildman–Crippen MR) is 108 cm³/mol. The fourth-order valence-electron chi connectivity index (χ4n) is 3.83. The molecule has 0 radical (unpaired) electrons. The van der Waals surface area contributed by atoms with Crippen molar-refractivity contribution in [1.82, 2.24) is 10.6 Å². The van der Waals surface area contributed by atoms with Gasteiger partial charge >= 0.3 is 0 Å². The van der Waals surface area contributed by atoms with Crippen LogP contribution in [0.3, 0.4) is 0 Å². The summed E-state index contributed by atoms with van der Waals surface area (Å²) in [5, 5.41) is 10.0. The Hall–Kier alpha value is -2.51. The number of benzene rings is 1. The zero-order valence-electron chi connectivity index (χ0n) is 16.1. The highest BCUT2D eigenvalue weighted by Gasteiger charge is 2.27. The number of nitrogens with zero attached hydrogens (tertiary/aromatic N) is 1. The van der Waals surface area contributed by atoms with Crippen LogP contribution in [-0.2, 0) is 0 Å². The van der Waals surface area contributed by atoms with Gasteiger partial charge in [-0.3, -0.25) is 0 Å². The van der Waals surface area contributed by atoms with Gasteiger partial charge in [0, 0.05) is 29.6 Å². The maximum absolute atomic E-state index is 6.24. The van der Waals surface area contributed by atoms with Crippen molar-refractivity contribution >= 4 is 17.2 Å². The number of nitrogens with one attached hydrogen (secondary N) is 3. The van der Waals surface area contributed by atoms with Gasteiger partial charge in [-0.1, -0.05) is 6.08 Å². The van der Waals surface area contributed by atoms with Crippen molar-refractivity contribution < 1.29 is 9.47 Å². The molecule has 3 heterocycles. The molecular formula is C20H27N5O2. The van der Waals surface area contributed by atoms with E-state index < -0.39 is 5.66 Å². The molecule has 1 atom stereocenters. The van der Waals surface area contributed by atoms with E-state index in [-0.39, 0.29) is 6.79 Å². The van der Waals surface area contributed by atoms with Crippen molar-refractivity contribution in [2.75, 3.05) is 25.2 Å². The largest absolute Gasteiger partial charge is 0.453 e. The van der Waals surface area contributed by atoms with Crippen LogP contribution in [0.4, 0.5) is 5.69 Å². The van der Waals surface area contributed by atoms with E-state index in [1.807, 2.05) is 26.0 Å². The Morgan fingerprint density at radius 1 is 1.30 bits per heavy atom. The topological polar surface area (TPSA) is 92.9 Å². The number of guanidine groups is 1. The lowest BCUT2D eigenvalue weighted by Gasteiger charge is -2.29. The monoisotopic (exact) mass is 369 g/mol. The average molecular weight is 369 g/mol. The number of hydrogen-bond acceptors (Lipinski definition) is 7. The van der Waals surface area contributed by atoms with E-state index in [1.54, 1.807) is 0 Å². The standard InChI is InChI=1S/C20H27N5O2/c1-12-10-20(3,21)25-19(23-12)24-15-9-16-18(27-11-26-16)17(13(15)2)14-5-4-7-22-8-6-14/h6,9-10,22H,4-5,7-8,11,21H2,1-3H3,(H2,23,24,25). The van der Waals surface area contributed by atoms with Crippen molar-refractivity contribution in [3.8, 4) is 11.5 Å². The molecule has 0 saturated heterocycles. The van der Waals surface area contributed by atoms with Gasteiger partial charge in [0.05, 0.1) is 0 Å². The van der Waals surface area contributed by atoms with Crippen LogP contribution in [0.5, 0.6) is 11.5 Å². The SMILES string of the molecule is CC1=CC(C)(N)NC(Nc2cc3c(c(C4=CCNCCC4)c2C)OCO3)=N1. The molecule has 3 aliphatic rings. The van der Waals surface area contributed by atoms with Gasteiger partial charge in [0.15, 0.2) is 11.5 Å². The first-order valence-corrected chi connectivity index (χ1v) is 9.38. The van der Waals surface area contributed by atoms with Crippen LogP contribution in [0, 0.1) is 6.92 Å². The molecule has 0 aliphatic carbocycles. The summed E-state index contributed by atoms with van der Waals surface area (Å²) in [5.74, 6) is 2.23. The highest BCUT2D eigenvalue weighted by Crippen LogP contribution is 2.45. The summed E-state index contributed by atoms with van der Waals surface area (Å²) in [6, 6.07) is 1.97. The number of fused-ring (bicyclic) bond motifs is 1. The molecule has 1 aromatic rings. The fraction of sp³-hybridized carbons (Fsp3) is 0.450. The molecule has 4 rings (SSSR count). The van der Waals surface area contributed by atoms with Crippen LogP contribution in [0.25, 0.3) is 5.57 Å². The lowest BCUT2D eigenvalue weighted by Crippen LogP contribution is -2.55. The minimum atomic E-state index is -0.642. The highest BCUT2D eigenvalue weighted by molar-refractivity contribution is 5.97. The molecule has 7 nitrogen and oxygen atoms in total. The van der Waals surface area contributed by atoms with E-state index in [9.17, 15) is 0 Å². The maximum Gasteiger partial charge on any atom is 0.231 e. The molecule has 1 unspecified atom stereocenters. The van der Waals surface area contributed by atoms with E-state index in [2.05, 4.69) is 33.9 Å². The van der Waals surface area contributed by atoms with Gasteiger partial charge in [-0.25, -0.2) is 4.99 Å². The Kier molecular flexibility index (Phi) is 4.57. The van der Waals surface area contributed by atoms with Crippen molar-refractivity contribution in [3.05, 3.63) is 35.0 Å². The summed E-state index contributed by atoms with van der Waals surface area (Å²) >= 11 is 0. The molecule has 0 aromatic heterocycles. The molecule has 3 aliphatic heterocycles. The van der Waals surface area contributed by atoms with Crippen LogP contribution in [0.15, 0.2) is 28.9 Å². The van der Waals surface area contributed by atoms with Crippen LogP contribution >= 0.6 is 0 Å². The van der Waals surface area contributed by atoms with E-state index in [0.29, 0.717) is 5.96 Å². The van der Waals surface area contributed by atoms with Crippen molar-refractivity contribution in [3.63, 3.8) is 0 Å². The summed E-state index contributed by atoms with van der Waals surface area (Å²) in [6.07, 6.45) is 6.26. The summed E-state index contributed by atoms with van der Waals surface area (Å²) in [5.41, 5.74) is 10.9. The smallest absolute Gasteiger partial charge is 0.231 e. The van der Waals surface area contributed by atoms with Crippen LogP contribution < -0.4 is 31.2 Å². The number of anilines is 1.